The first-order valence-corrected chi connectivity index (χ1v) is 9.30. The Morgan fingerprint density at radius 1 is 0.786 bits per heavy atom. The minimum Gasteiger partial charge on any atom is -0.505 e. The molecule has 0 amide bonds. The van der Waals surface area contributed by atoms with Gasteiger partial charge in [-0.05, 0) is 81.5 Å². The first-order valence-electron chi connectivity index (χ1n) is 9.30. The first kappa shape index (κ1) is 18.2. The molecule has 6 nitrogen and oxygen atoms in total. The number of aromatic nitrogens is 4. The van der Waals surface area contributed by atoms with Gasteiger partial charge in [-0.3, -0.25) is 4.79 Å². The molecule has 2 aromatic heterocycles. The van der Waals surface area contributed by atoms with Crippen molar-refractivity contribution in [2.75, 3.05) is 0 Å². The topological polar surface area (TPSA) is 72.9 Å². The molecule has 0 radical (unpaired) electrons. The molecule has 0 unspecified atom stereocenters. The summed E-state index contributed by atoms with van der Waals surface area (Å²) in [5.41, 5.74) is 8.48. The number of phenolic OH excluding ortho intramolecular Hbond substituents is 1. The standard InChI is InChI=1S/C22H24N4O2/c1-10-11(2)14(5)21(27)20(13(10)4)26-23-17-8-16-12(3)15(6)22(28)25(7)19(16)9-18(17)24-26/h8-9,27H,1-7H3. The third-order valence-corrected chi connectivity index (χ3v) is 6.27. The summed E-state index contributed by atoms with van der Waals surface area (Å²) >= 11 is 0. The molecule has 0 fully saturated rings. The van der Waals surface area contributed by atoms with Crippen molar-refractivity contribution in [1.82, 2.24) is 19.6 Å². The summed E-state index contributed by atoms with van der Waals surface area (Å²) in [7, 11) is 1.77. The van der Waals surface area contributed by atoms with Crippen molar-refractivity contribution >= 4 is 21.9 Å². The molecule has 0 atom stereocenters. The van der Waals surface area contributed by atoms with Gasteiger partial charge in [0.15, 0.2) is 0 Å². The number of benzene rings is 2. The van der Waals surface area contributed by atoms with Crippen LogP contribution in [0, 0.1) is 41.5 Å². The average molecular weight is 376 g/mol. The predicted molar refractivity (Wildman–Crippen MR) is 112 cm³/mol. The van der Waals surface area contributed by atoms with Crippen LogP contribution in [-0.2, 0) is 7.05 Å². The second-order valence-electron chi connectivity index (χ2n) is 7.66. The molecule has 2 heterocycles. The van der Waals surface area contributed by atoms with Crippen LogP contribution in [0.5, 0.6) is 5.75 Å². The van der Waals surface area contributed by atoms with E-state index in [1.807, 2.05) is 53.7 Å². The van der Waals surface area contributed by atoms with Gasteiger partial charge < -0.3 is 9.67 Å². The lowest BCUT2D eigenvalue weighted by atomic mass is 9.97. The third kappa shape index (κ3) is 2.30. The number of pyridine rings is 1. The van der Waals surface area contributed by atoms with E-state index in [9.17, 15) is 9.90 Å². The number of hydrogen-bond acceptors (Lipinski definition) is 4. The highest BCUT2D eigenvalue weighted by Crippen LogP contribution is 2.34. The molecule has 0 bridgehead atoms. The van der Waals surface area contributed by atoms with Crippen LogP contribution in [0.4, 0.5) is 0 Å². The largest absolute Gasteiger partial charge is 0.505 e. The SMILES string of the molecule is Cc1c(C)c(C)c(-n2nc3cc4c(C)c(C)c(=O)n(C)c4cc3n2)c(O)c1C. The number of nitrogens with zero attached hydrogens (tertiary/aromatic N) is 4. The highest BCUT2D eigenvalue weighted by molar-refractivity contribution is 5.95. The molecular weight excluding hydrogens is 352 g/mol. The highest BCUT2D eigenvalue weighted by Gasteiger charge is 2.19. The first-order chi connectivity index (χ1) is 13.1. The number of aromatic hydroxyl groups is 1. The maximum absolute atomic E-state index is 12.5. The Morgan fingerprint density at radius 3 is 2.00 bits per heavy atom. The summed E-state index contributed by atoms with van der Waals surface area (Å²) in [5, 5.41) is 21.0. The summed E-state index contributed by atoms with van der Waals surface area (Å²) < 4.78 is 1.65. The van der Waals surface area contributed by atoms with Crippen molar-refractivity contribution in [2.24, 2.45) is 7.05 Å². The zero-order valence-corrected chi connectivity index (χ0v) is 17.3. The minimum absolute atomic E-state index is 0.00462. The van der Waals surface area contributed by atoms with Crippen molar-refractivity contribution in [3.63, 3.8) is 0 Å². The van der Waals surface area contributed by atoms with E-state index in [1.54, 1.807) is 11.6 Å². The van der Waals surface area contributed by atoms with E-state index in [-0.39, 0.29) is 11.3 Å². The molecule has 0 saturated carbocycles. The molecule has 4 aromatic rings. The Kier molecular flexibility index (Phi) is 3.86. The van der Waals surface area contributed by atoms with E-state index in [2.05, 4.69) is 10.2 Å². The lowest BCUT2D eigenvalue weighted by Crippen LogP contribution is -2.20. The van der Waals surface area contributed by atoms with Crippen LogP contribution in [0.1, 0.15) is 33.4 Å². The molecule has 28 heavy (non-hydrogen) atoms. The van der Waals surface area contributed by atoms with Crippen LogP contribution in [0.2, 0.25) is 0 Å². The van der Waals surface area contributed by atoms with E-state index in [1.165, 1.54) is 4.80 Å². The fourth-order valence-electron chi connectivity index (χ4n) is 3.87. The van der Waals surface area contributed by atoms with Crippen molar-refractivity contribution in [3.8, 4) is 11.4 Å². The Labute approximate surface area is 163 Å². The summed E-state index contributed by atoms with van der Waals surface area (Å²) in [4.78, 5) is 14.0. The molecule has 0 aliphatic carbocycles. The Morgan fingerprint density at radius 2 is 1.36 bits per heavy atom. The van der Waals surface area contributed by atoms with Crippen LogP contribution in [0.25, 0.3) is 27.6 Å². The Bertz CT molecular complexity index is 1330. The van der Waals surface area contributed by atoms with Gasteiger partial charge in [0, 0.05) is 18.0 Å². The number of phenols is 1. The number of rotatable bonds is 1. The highest BCUT2D eigenvalue weighted by atomic mass is 16.3. The molecule has 0 aliphatic heterocycles. The number of aryl methyl sites for hydroxylation is 2. The van der Waals surface area contributed by atoms with Crippen LogP contribution in [0.3, 0.4) is 0 Å². The van der Waals surface area contributed by atoms with Gasteiger partial charge in [0.05, 0.1) is 5.52 Å². The Hall–Kier alpha value is -3.15. The van der Waals surface area contributed by atoms with Crippen molar-refractivity contribution < 1.29 is 5.11 Å². The van der Waals surface area contributed by atoms with Crippen LogP contribution < -0.4 is 5.56 Å². The van der Waals surface area contributed by atoms with Gasteiger partial charge >= 0.3 is 0 Å². The van der Waals surface area contributed by atoms with E-state index in [0.717, 1.165) is 49.8 Å². The summed E-state index contributed by atoms with van der Waals surface area (Å²) in [5.74, 6) is 0.199. The van der Waals surface area contributed by atoms with E-state index >= 15 is 0 Å². The monoisotopic (exact) mass is 376 g/mol. The maximum atomic E-state index is 12.5. The smallest absolute Gasteiger partial charge is 0.253 e. The van der Waals surface area contributed by atoms with E-state index in [0.29, 0.717) is 11.2 Å². The van der Waals surface area contributed by atoms with E-state index in [4.69, 9.17) is 0 Å². The van der Waals surface area contributed by atoms with Gasteiger partial charge in [-0.25, -0.2) is 0 Å². The van der Waals surface area contributed by atoms with Gasteiger partial charge in [0.2, 0.25) is 0 Å². The van der Waals surface area contributed by atoms with Crippen molar-refractivity contribution in [2.45, 2.75) is 41.5 Å². The molecule has 144 valence electrons. The van der Waals surface area contributed by atoms with Gasteiger partial charge in [-0.15, -0.1) is 15.0 Å². The fraction of sp³-hybridized carbons (Fsp3) is 0.318. The fourth-order valence-corrected chi connectivity index (χ4v) is 3.87. The normalized spacial score (nSPS) is 11.7. The average Bonchev–Trinajstić information content (AvgIpc) is 3.09. The zero-order chi connectivity index (χ0) is 20.5. The third-order valence-electron chi connectivity index (χ3n) is 6.27. The molecule has 6 heteroatoms. The maximum Gasteiger partial charge on any atom is 0.253 e. The molecule has 0 saturated heterocycles. The van der Waals surface area contributed by atoms with Crippen LogP contribution in [0.15, 0.2) is 16.9 Å². The summed E-state index contributed by atoms with van der Waals surface area (Å²) in [6.45, 7) is 11.7. The van der Waals surface area contributed by atoms with Gasteiger partial charge in [0.1, 0.15) is 22.5 Å². The molecule has 4 rings (SSSR count). The predicted octanol–water partition coefficient (Wildman–Crippen LogP) is 3.83. The molecule has 0 aliphatic rings. The van der Waals surface area contributed by atoms with Crippen molar-refractivity contribution in [3.05, 3.63) is 55.9 Å². The summed E-state index contributed by atoms with van der Waals surface area (Å²) in [6, 6.07) is 3.86. The number of hydrogen-bond donors (Lipinski definition) is 1. The summed E-state index contributed by atoms with van der Waals surface area (Å²) in [6.07, 6.45) is 0. The van der Waals surface area contributed by atoms with Crippen LogP contribution in [-0.4, -0.2) is 24.7 Å². The minimum atomic E-state index is -0.00462. The van der Waals surface area contributed by atoms with Gasteiger partial charge in [-0.1, -0.05) is 0 Å². The molecular formula is C22H24N4O2. The lowest BCUT2D eigenvalue weighted by molar-refractivity contribution is 0.462. The Balaban J connectivity index is 2.08. The van der Waals surface area contributed by atoms with Crippen molar-refractivity contribution in [1.29, 1.82) is 0 Å². The molecule has 1 N–H and O–H groups in total. The quantitative estimate of drug-likeness (QED) is 0.548. The van der Waals surface area contributed by atoms with Gasteiger partial charge in [-0.2, -0.15) is 0 Å². The molecule has 2 aromatic carbocycles. The lowest BCUT2D eigenvalue weighted by Gasteiger charge is -2.15. The zero-order valence-electron chi connectivity index (χ0n) is 17.3. The van der Waals surface area contributed by atoms with Gasteiger partial charge in [0.25, 0.3) is 5.56 Å². The second kappa shape index (κ2) is 5.92. The second-order valence-corrected chi connectivity index (χ2v) is 7.66. The molecule has 0 spiro atoms. The number of fused-ring (bicyclic) bond motifs is 2. The van der Waals surface area contributed by atoms with E-state index < -0.39 is 0 Å². The van der Waals surface area contributed by atoms with Crippen LogP contribution >= 0.6 is 0 Å².